The maximum Gasteiger partial charge on any atom is 0.407 e. The molecule has 1 aliphatic carbocycles. The van der Waals surface area contributed by atoms with E-state index < -0.39 is 24.5 Å². The molecule has 1 saturated heterocycles. The van der Waals surface area contributed by atoms with Gasteiger partial charge >= 0.3 is 6.09 Å². The summed E-state index contributed by atoms with van der Waals surface area (Å²) in [6.45, 7) is 5.50. The Labute approximate surface area is 160 Å². The van der Waals surface area contributed by atoms with Crippen LogP contribution in [0.2, 0.25) is 0 Å². The molecule has 3 N–H and O–H groups in total. The smallest absolute Gasteiger partial charge is 0.407 e. The lowest BCUT2D eigenvalue weighted by Crippen LogP contribution is -2.54. The number of carbonyl (C=O) groups is 2. The zero-order valence-corrected chi connectivity index (χ0v) is 16.0. The number of aliphatic hydroxyl groups is 1. The molecule has 2 amide bonds. The highest BCUT2D eigenvalue weighted by molar-refractivity contribution is 5.83. The van der Waals surface area contributed by atoms with Gasteiger partial charge in [-0.1, -0.05) is 26.0 Å². The third-order valence-corrected chi connectivity index (χ3v) is 4.59. The predicted octanol–water partition coefficient (Wildman–Crippen LogP) is 1.62. The Morgan fingerprint density at radius 2 is 2.11 bits per heavy atom. The van der Waals surface area contributed by atoms with Crippen LogP contribution in [0.1, 0.15) is 51.9 Å². The fourth-order valence-corrected chi connectivity index (χ4v) is 3.05. The van der Waals surface area contributed by atoms with Crippen LogP contribution in [0.25, 0.3) is 0 Å². The minimum absolute atomic E-state index is 0.0800. The number of aliphatic hydroxyl groups excluding tert-OH is 1. The molecule has 0 aromatic carbocycles. The van der Waals surface area contributed by atoms with Gasteiger partial charge < -0.3 is 30.0 Å². The van der Waals surface area contributed by atoms with Gasteiger partial charge in [-0.25, -0.2) is 4.79 Å². The Balaban J connectivity index is 2.05. The zero-order chi connectivity index (χ0) is 19.6. The van der Waals surface area contributed by atoms with E-state index in [0.717, 1.165) is 32.1 Å². The lowest BCUT2D eigenvalue weighted by molar-refractivity contribution is -0.224. The van der Waals surface area contributed by atoms with Crippen LogP contribution in [0.3, 0.4) is 0 Å². The number of rotatable bonds is 11. The topological polar surface area (TPSA) is 106 Å². The number of nitrogens with one attached hydrogen (secondary N) is 2. The lowest BCUT2D eigenvalue weighted by atomic mass is 10.0. The van der Waals surface area contributed by atoms with E-state index in [1.54, 1.807) is 0 Å². The summed E-state index contributed by atoms with van der Waals surface area (Å²) in [6, 6.07) is -0.361. The summed E-state index contributed by atoms with van der Waals surface area (Å²) in [5.41, 5.74) is 0. The lowest BCUT2D eigenvalue weighted by Gasteiger charge is -2.34. The first-order valence-electron chi connectivity index (χ1n) is 9.83. The molecule has 3 unspecified atom stereocenters. The standard InChI is InChI=1S/C19H32N2O6/c1-3-6-15(21-19(24)25-11-4-2)17(18(23)20-13-9-10-13)27-16-8-5-7-14(12-22)26-16/h4,13-17,22H,2-3,5-12H2,1H3,(H,20,23)(H,21,24)/t14?,15-,16?,17?/m0/s1. The summed E-state index contributed by atoms with van der Waals surface area (Å²) in [5.74, 6) is -0.255. The molecule has 0 bridgehead atoms. The summed E-state index contributed by atoms with van der Waals surface area (Å²) < 4.78 is 16.7. The minimum atomic E-state index is -0.885. The molecule has 8 heteroatoms. The normalized spacial score (nSPS) is 24.5. The second-order valence-corrected chi connectivity index (χ2v) is 7.07. The maximum atomic E-state index is 12.8. The van der Waals surface area contributed by atoms with Crippen molar-refractivity contribution >= 4 is 12.0 Å². The molecule has 4 atom stereocenters. The Morgan fingerprint density at radius 1 is 1.33 bits per heavy atom. The van der Waals surface area contributed by atoms with Gasteiger partial charge in [0, 0.05) is 6.04 Å². The van der Waals surface area contributed by atoms with E-state index in [2.05, 4.69) is 17.2 Å². The Bertz CT molecular complexity index is 497. The highest BCUT2D eigenvalue weighted by atomic mass is 16.7. The van der Waals surface area contributed by atoms with Crippen LogP contribution in [0.15, 0.2) is 12.7 Å². The number of hydrogen-bond acceptors (Lipinski definition) is 6. The molecule has 1 heterocycles. The largest absolute Gasteiger partial charge is 0.445 e. The van der Waals surface area contributed by atoms with Gasteiger partial charge in [-0.15, -0.1) is 0 Å². The first kappa shape index (κ1) is 21.7. The van der Waals surface area contributed by atoms with Crippen LogP contribution >= 0.6 is 0 Å². The van der Waals surface area contributed by atoms with Crippen molar-refractivity contribution in [3.05, 3.63) is 12.7 Å². The van der Waals surface area contributed by atoms with Gasteiger partial charge in [0.2, 0.25) is 0 Å². The van der Waals surface area contributed by atoms with Crippen LogP contribution in [-0.4, -0.2) is 60.9 Å². The number of ether oxygens (including phenoxy) is 3. The first-order valence-corrected chi connectivity index (χ1v) is 9.83. The molecule has 2 rings (SSSR count). The van der Waals surface area contributed by atoms with Crippen LogP contribution in [0.4, 0.5) is 4.79 Å². The van der Waals surface area contributed by atoms with Crippen molar-refractivity contribution in [2.75, 3.05) is 13.2 Å². The van der Waals surface area contributed by atoms with Gasteiger partial charge in [0.1, 0.15) is 6.61 Å². The summed E-state index contributed by atoms with van der Waals surface area (Å²) in [5, 5.41) is 15.0. The van der Waals surface area contributed by atoms with E-state index in [4.69, 9.17) is 14.2 Å². The van der Waals surface area contributed by atoms with Crippen LogP contribution < -0.4 is 10.6 Å². The van der Waals surface area contributed by atoms with Gasteiger partial charge in [0.15, 0.2) is 12.4 Å². The third-order valence-electron chi connectivity index (χ3n) is 4.59. The SMILES string of the molecule is C=CCOC(=O)N[C@@H](CCC)C(OC1CCCC(CO)O1)C(=O)NC1CC1. The van der Waals surface area contributed by atoms with Gasteiger partial charge in [0.05, 0.1) is 18.8 Å². The fraction of sp³-hybridized carbons (Fsp3) is 0.789. The van der Waals surface area contributed by atoms with Crippen molar-refractivity contribution in [2.45, 2.75) is 82.5 Å². The molecule has 2 aliphatic rings. The van der Waals surface area contributed by atoms with Crippen molar-refractivity contribution in [2.24, 2.45) is 0 Å². The highest BCUT2D eigenvalue weighted by Gasteiger charge is 2.37. The molecule has 0 aromatic rings. The van der Waals surface area contributed by atoms with Crippen molar-refractivity contribution in [3.8, 4) is 0 Å². The quantitative estimate of drug-likeness (QED) is 0.468. The number of alkyl carbamates (subject to hydrolysis) is 1. The number of hydrogen-bond donors (Lipinski definition) is 3. The third kappa shape index (κ3) is 7.48. The summed E-state index contributed by atoms with van der Waals surface area (Å²) >= 11 is 0. The van der Waals surface area contributed by atoms with Crippen molar-refractivity contribution in [1.29, 1.82) is 0 Å². The molecule has 0 aromatic heterocycles. The average molecular weight is 384 g/mol. The second kappa shape index (κ2) is 11.3. The predicted molar refractivity (Wildman–Crippen MR) is 99.0 cm³/mol. The van der Waals surface area contributed by atoms with E-state index in [1.165, 1.54) is 6.08 Å². The fourth-order valence-electron chi connectivity index (χ4n) is 3.05. The number of amides is 2. The summed E-state index contributed by atoms with van der Waals surface area (Å²) in [6.07, 6.45) is 4.59. The molecule has 1 aliphatic heterocycles. The van der Waals surface area contributed by atoms with E-state index >= 15 is 0 Å². The van der Waals surface area contributed by atoms with E-state index in [0.29, 0.717) is 12.8 Å². The Kier molecular flexibility index (Phi) is 9.03. The highest BCUT2D eigenvalue weighted by Crippen LogP contribution is 2.24. The van der Waals surface area contributed by atoms with Crippen molar-refractivity contribution < 1.29 is 28.9 Å². The maximum absolute atomic E-state index is 12.8. The monoisotopic (exact) mass is 384 g/mol. The van der Waals surface area contributed by atoms with Gasteiger partial charge in [-0.2, -0.15) is 0 Å². The minimum Gasteiger partial charge on any atom is -0.445 e. The van der Waals surface area contributed by atoms with Gasteiger partial charge in [-0.05, 0) is 38.5 Å². The molecule has 27 heavy (non-hydrogen) atoms. The molecular formula is C19H32N2O6. The Morgan fingerprint density at radius 3 is 2.74 bits per heavy atom. The zero-order valence-electron chi connectivity index (χ0n) is 16.0. The molecule has 2 fully saturated rings. The molecule has 154 valence electrons. The molecule has 0 spiro atoms. The summed E-state index contributed by atoms with van der Waals surface area (Å²) in [4.78, 5) is 24.8. The van der Waals surface area contributed by atoms with Crippen LogP contribution in [-0.2, 0) is 19.0 Å². The molecule has 1 saturated carbocycles. The van der Waals surface area contributed by atoms with E-state index in [1.807, 2.05) is 6.92 Å². The average Bonchev–Trinajstić information content (AvgIpc) is 3.48. The molecule has 0 radical (unpaired) electrons. The van der Waals surface area contributed by atoms with E-state index in [-0.39, 0.29) is 31.3 Å². The van der Waals surface area contributed by atoms with Crippen molar-refractivity contribution in [1.82, 2.24) is 10.6 Å². The number of carbonyl (C=O) groups excluding carboxylic acids is 2. The molecule has 8 nitrogen and oxygen atoms in total. The van der Waals surface area contributed by atoms with E-state index in [9.17, 15) is 14.7 Å². The first-order chi connectivity index (χ1) is 13.1. The molecular weight excluding hydrogens is 352 g/mol. The van der Waals surface area contributed by atoms with Gasteiger partial charge in [-0.3, -0.25) is 4.79 Å². The van der Waals surface area contributed by atoms with Crippen LogP contribution in [0.5, 0.6) is 0 Å². The van der Waals surface area contributed by atoms with Crippen LogP contribution in [0, 0.1) is 0 Å². The van der Waals surface area contributed by atoms with Crippen molar-refractivity contribution in [3.63, 3.8) is 0 Å². The van der Waals surface area contributed by atoms with Gasteiger partial charge in [0.25, 0.3) is 5.91 Å². The summed E-state index contributed by atoms with van der Waals surface area (Å²) in [7, 11) is 0. The second-order valence-electron chi connectivity index (χ2n) is 7.07. The Hall–Kier alpha value is -1.64.